The summed E-state index contributed by atoms with van der Waals surface area (Å²) < 4.78 is 0. The molecule has 0 saturated carbocycles. The lowest BCUT2D eigenvalue weighted by Gasteiger charge is -2.41. The number of hydrogen-bond donors (Lipinski definition) is 1. The van der Waals surface area contributed by atoms with Crippen LogP contribution in [0.1, 0.15) is 46.0 Å². The molecule has 3 atom stereocenters. The first-order valence-corrected chi connectivity index (χ1v) is 6.68. The van der Waals surface area contributed by atoms with Crippen LogP contribution in [-0.4, -0.2) is 35.3 Å². The molecule has 0 aromatic carbocycles. The van der Waals surface area contributed by atoms with Crippen molar-refractivity contribution in [3.8, 4) is 0 Å². The van der Waals surface area contributed by atoms with E-state index in [2.05, 4.69) is 19.2 Å². The normalized spacial score (nSPS) is 34.4. The van der Waals surface area contributed by atoms with E-state index >= 15 is 0 Å². The second-order valence-corrected chi connectivity index (χ2v) is 5.41. The molecule has 4 nitrogen and oxygen atoms in total. The maximum Gasteiger partial charge on any atom is 0.226 e. The van der Waals surface area contributed by atoms with Crippen LogP contribution in [0.3, 0.4) is 0 Å². The predicted molar refractivity (Wildman–Crippen MR) is 65.4 cm³/mol. The smallest absolute Gasteiger partial charge is 0.226 e. The average molecular weight is 238 g/mol. The minimum Gasteiger partial charge on any atom is -0.356 e. The second-order valence-electron chi connectivity index (χ2n) is 5.41. The summed E-state index contributed by atoms with van der Waals surface area (Å²) in [4.78, 5) is 25.8. The van der Waals surface area contributed by atoms with Crippen molar-refractivity contribution in [2.45, 2.75) is 58.0 Å². The first kappa shape index (κ1) is 12.4. The third-order valence-corrected chi connectivity index (χ3v) is 4.04. The molecule has 1 N–H and O–H groups in total. The van der Waals surface area contributed by atoms with Gasteiger partial charge in [0.25, 0.3) is 0 Å². The molecule has 0 aromatic heterocycles. The Labute approximate surface area is 103 Å². The summed E-state index contributed by atoms with van der Waals surface area (Å²) in [5.74, 6) is 0.123. The number of hydrogen-bond acceptors (Lipinski definition) is 2. The molecule has 0 spiro atoms. The summed E-state index contributed by atoms with van der Waals surface area (Å²) in [6.45, 7) is 4.89. The van der Waals surface area contributed by atoms with Crippen molar-refractivity contribution < 1.29 is 9.59 Å². The highest BCUT2D eigenvalue weighted by Gasteiger charge is 2.35. The maximum atomic E-state index is 12.5. The van der Waals surface area contributed by atoms with Gasteiger partial charge in [-0.15, -0.1) is 0 Å². The van der Waals surface area contributed by atoms with E-state index in [4.69, 9.17) is 0 Å². The van der Waals surface area contributed by atoms with Crippen LogP contribution in [0, 0.1) is 5.92 Å². The standard InChI is InChI=1S/C13H22N2O2/c1-9-4-3-5-10(2)15(9)13(17)11-6-7-14-12(16)8-11/h9-11H,3-8H2,1-2H3,(H,14,16). The molecule has 0 bridgehead atoms. The lowest BCUT2D eigenvalue weighted by atomic mass is 9.91. The molecule has 96 valence electrons. The fraction of sp³-hybridized carbons (Fsp3) is 0.846. The Bertz CT molecular complexity index is 307. The Morgan fingerprint density at radius 1 is 1.24 bits per heavy atom. The van der Waals surface area contributed by atoms with Gasteiger partial charge in [-0.2, -0.15) is 0 Å². The molecule has 0 aromatic rings. The molecular formula is C13H22N2O2. The highest BCUT2D eigenvalue weighted by Crippen LogP contribution is 2.26. The lowest BCUT2D eigenvalue weighted by Crippen LogP contribution is -2.51. The van der Waals surface area contributed by atoms with E-state index in [1.54, 1.807) is 0 Å². The number of carbonyl (C=O) groups is 2. The van der Waals surface area contributed by atoms with Gasteiger partial charge in [-0.05, 0) is 39.5 Å². The second kappa shape index (κ2) is 5.07. The van der Waals surface area contributed by atoms with Crippen molar-refractivity contribution in [1.29, 1.82) is 0 Å². The van der Waals surface area contributed by atoms with Crippen LogP contribution in [0.4, 0.5) is 0 Å². The number of rotatable bonds is 1. The molecule has 2 aliphatic rings. The van der Waals surface area contributed by atoms with Crippen molar-refractivity contribution in [3.63, 3.8) is 0 Å². The molecule has 0 radical (unpaired) electrons. The molecule has 17 heavy (non-hydrogen) atoms. The summed E-state index contributed by atoms with van der Waals surface area (Å²) in [5.41, 5.74) is 0. The van der Waals surface area contributed by atoms with E-state index in [9.17, 15) is 9.59 Å². The zero-order valence-corrected chi connectivity index (χ0v) is 10.7. The molecule has 2 amide bonds. The number of nitrogens with one attached hydrogen (secondary N) is 1. The van der Waals surface area contributed by atoms with E-state index in [-0.39, 0.29) is 17.7 Å². The lowest BCUT2D eigenvalue weighted by molar-refractivity contribution is -0.145. The third-order valence-electron chi connectivity index (χ3n) is 4.04. The van der Waals surface area contributed by atoms with Crippen LogP contribution in [0.25, 0.3) is 0 Å². The molecular weight excluding hydrogens is 216 g/mol. The SMILES string of the molecule is CC1CCCC(C)N1C(=O)C1CCNC(=O)C1. The molecule has 0 aliphatic carbocycles. The number of likely N-dealkylation sites (tertiary alicyclic amines) is 1. The van der Waals surface area contributed by atoms with Gasteiger partial charge >= 0.3 is 0 Å². The van der Waals surface area contributed by atoms with E-state index in [0.29, 0.717) is 25.0 Å². The zero-order valence-electron chi connectivity index (χ0n) is 10.7. The Morgan fingerprint density at radius 3 is 2.47 bits per heavy atom. The van der Waals surface area contributed by atoms with Crippen molar-refractivity contribution >= 4 is 11.8 Å². The largest absolute Gasteiger partial charge is 0.356 e. The van der Waals surface area contributed by atoms with Crippen LogP contribution in [0.5, 0.6) is 0 Å². The number of amides is 2. The molecule has 3 unspecified atom stereocenters. The Kier molecular flexibility index (Phi) is 3.69. The predicted octanol–water partition coefficient (Wildman–Crippen LogP) is 1.30. The van der Waals surface area contributed by atoms with Gasteiger partial charge in [-0.3, -0.25) is 9.59 Å². The highest BCUT2D eigenvalue weighted by molar-refractivity contribution is 5.87. The number of carbonyl (C=O) groups excluding carboxylic acids is 2. The van der Waals surface area contributed by atoms with Gasteiger partial charge in [-0.25, -0.2) is 0 Å². The van der Waals surface area contributed by atoms with E-state index in [1.165, 1.54) is 6.42 Å². The number of nitrogens with zero attached hydrogens (tertiary/aromatic N) is 1. The van der Waals surface area contributed by atoms with Crippen LogP contribution in [0.15, 0.2) is 0 Å². The molecule has 4 heteroatoms. The molecule has 2 rings (SSSR count). The van der Waals surface area contributed by atoms with Crippen LogP contribution in [-0.2, 0) is 9.59 Å². The molecule has 2 fully saturated rings. The van der Waals surface area contributed by atoms with Gasteiger partial charge in [0.05, 0.1) is 0 Å². The minimum absolute atomic E-state index is 0.0203. The average Bonchev–Trinajstić information content (AvgIpc) is 2.28. The molecule has 2 aliphatic heterocycles. The van der Waals surface area contributed by atoms with Crippen molar-refractivity contribution in [2.75, 3.05) is 6.54 Å². The fourth-order valence-corrected chi connectivity index (χ4v) is 3.06. The highest BCUT2D eigenvalue weighted by atomic mass is 16.2. The maximum absolute atomic E-state index is 12.5. The monoisotopic (exact) mass is 238 g/mol. The van der Waals surface area contributed by atoms with Gasteiger partial charge in [0.1, 0.15) is 0 Å². The van der Waals surface area contributed by atoms with Crippen molar-refractivity contribution in [1.82, 2.24) is 10.2 Å². The Hall–Kier alpha value is -1.06. The van der Waals surface area contributed by atoms with Gasteiger partial charge in [0.2, 0.25) is 11.8 Å². The van der Waals surface area contributed by atoms with E-state index in [1.807, 2.05) is 4.90 Å². The van der Waals surface area contributed by atoms with E-state index < -0.39 is 0 Å². The Morgan fingerprint density at radius 2 is 1.88 bits per heavy atom. The van der Waals surface area contributed by atoms with Crippen LogP contribution in [0.2, 0.25) is 0 Å². The first-order valence-electron chi connectivity index (χ1n) is 6.68. The van der Waals surface area contributed by atoms with Crippen molar-refractivity contribution in [2.24, 2.45) is 5.92 Å². The number of piperidine rings is 2. The van der Waals surface area contributed by atoms with Gasteiger partial charge in [0.15, 0.2) is 0 Å². The van der Waals surface area contributed by atoms with Crippen LogP contribution >= 0.6 is 0 Å². The summed E-state index contributed by atoms with van der Waals surface area (Å²) in [5, 5.41) is 2.78. The Balaban J connectivity index is 2.04. The summed E-state index contributed by atoms with van der Waals surface area (Å²) in [7, 11) is 0. The molecule has 2 heterocycles. The van der Waals surface area contributed by atoms with Crippen LogP contribution < -0.4 is 5.32 Å². The first-order chi connectivity index (χ1) is 8.09. The third kappa shape index (κ3) is 2.61. The topological polar surface area (TPSA) is 49.4 Å². The summed E-state index contributed by atoms with van der Waals surface area (Å²) in [6.07, 6.45) is 4.55. The summed E-state index contributed by atoms with van der Waals surface area (Å²) >= 11 is 0. The van der Waals surface area contributed by atoms with Gasteiger partial charge in [-0.1, -0.05) is 0 Å². The minimum atomic E-state index is -0.0910. The zero-order chi connectivity index (χ0) is 12.4. The van der Waals surface area contributed by atoms with Crippen molar-refractivity contribution in [3.05, 3.63) is 0 Å². The van der Waals surface area contributed by atoms with E-state index in [0.717, 1.165) is 19.3 Å². The van der Waals surface area contributed by atoms with Gasteiger partial charge in [0, 0.05) is 31.0 Å². The van der Waals surface area contributed by atoms with Gasteiger partial charge < -0.3 is 10.2 Å². The summed E-state index contributed by atoms with van der Waals surface area (Å²) in [6, 6.07) is 0.660. The fourth-order valence-electron chi connectivity index (χ4n) is 3.06. The quantitative estimate of drug-likeness (QED) is 0.748. The molecule has 2 saturated heterocycles.